The Morgan fingerprint density at radius 1 is 1.33 bits per heavy atom. The summed E-state index contributed by atoms with van der Waals surface area (Å²) in [6, 6.07) is 7.93. The zero-order valence-corrected chi connectivity index (χ0v) is 8.53. The molecule has 0 amide bonds. The van der Waals surface area contributed by atoms with Gasteiger partial charge in [0.2, 0.25) is 0 Å². The molecular weight excluding hydrogens is 190 g/mol. The molecular formula is C11H13N3O. The Hall–Kier alpha value is -1.97. The number of nitrogen functional groups attached to an aromatic ring is 1. The number of rotatable bonds is 3. The van der Waals surface area contributed by atoms with E-state index in [4.69, 9.17) is 10.5 Å². The van der Waals surface area contributed by atoms with Crippen LogP contribution in [0.3, 0.4) is 0 Å². The molecule has 1 aromatic carbocycles. The average Bonchev–Trinajstić information content (AvgIpc) is 2.65. The van der Waals surface area contributed by atoms with Crippen LogP contribution in [-0.2, 0) is 6.42 Å². The summed E-state index contributed by atoms with van der Waals surface area (Å²) in [6.45, 7) is 0. The summed E-state index contributed by atoms with van der Waals surface area (Å²) in [5.74, 6) is 1.32. The molecule has 0 fully saturated rings. The van der Waals surface area contributed by atoms with Crippen molar-refractivity contribution in [3.63, 3.8) is 0 Å². The summed E-state index contributed by atoms with van der Waals surface area (Å²) >= 11 is 0. The minimum Gasteiger partial charge on any atom is -0.497 e. The molecule has 2 rings (SSSR count). The average molecular weight is 203 g/mol. The van der Waals surface area contributed by atoms with E-state index in [9.17, 15) is 0 Å². The predicted molar refractivity (Wildman–Crippen MR) is 58.8 cm³/mol. The summed E-state index contributed by atoms with van der Waals surface area (Å²) in [5.41, 5.74) is 7.70. The highest BCUT2D eigenvalue weighted by atomic mass is 16.5. The summed E-state index contributed by atoms with van der Waals surface area (Å²) in [7, 11) is 1.66. The maximum atomic E-state index is 5.49. The Morgan fingerprint density at radius 2 is 2.07 bits per heavy atom. The van der Waals surface area contributed by atoms with Gasteiger partial charge in [-0.05, 0) is 17.7 Å². The number of aromatic amines is 1. The van der Waals surface area contributed by atoms with Gasteiger partial charge in [0, 0.05) is 12.1 Å². The molecule has 1 aromatic heterocycles. The van der Waals surface area contributed by atoms with E-state index in [-0.39, 0.29) is 0 Å². The van der Waals surface area contributed by atoms with Gasteiger partial charge in [-0.25, -0.2) is 4.98 Å². The van der Waals surface area contributed by atoms with Crippen molar-refractivity contribution in [1.29, 1.82) is 0 Å². The van der Waals surface area contributed by atoms with Gasteiger partial charge in [-0.2, -0.15) is 0 Å². The van der Waals surface area contributed by atoms with E-state index >= 15 is 0 Å². The van der Waals surface area contributed by atoms with E-state index in [1.807, 2.05) is 24.3 Å². The van der Waals surface area contributed by atoms with Gasteiger partial charge in [0.15, 0.2) is 5.95 Å². The molecule has 3 N–H and O–H groups in total. The number of nitrogens with two attached hydrogens (primary N) is 1. The number of ether oxygens (including phenoxy) is 1. The smallest absolute Gasteiger partial charge is 0.197 e. The third kappa shape index (κ3) is 2.28. The first-order chi connectivity index (χ1) is 7.28. The molecule has 0 aliphatic carbocycles. The zero-order chi connectivity index (χ0) is 10.7. The van der Waals surface area contributed by atoms with E-state index in [1.54, 1.807) is 13.3 Å². The van der Waals surface area contributed by atoms with Crippen LogP contribution in [-0.4, -0.2) is 17.1 Å². The maximum Gasteiger partial charge on any atom is 0.197 e. The topological polar surface area (TPSA) is 63.9 Å². The standard InChI is InChI=1S/C11H13N3O/c1-15-10-4-2-8(3-5-10)6-9-7-13-11(12)14-9/h2-5,7H,6H2,1H3,(H3,12,13,14). The summed E-state index contributed by atoms with van der Waals surface area (Å²) in [4.78, 5) is 6.93. The van der Waals surface area contributed by atoms with Crippen molar-refractivity contribution in [2.45, 2.75) is 6.42 Å². The van der Waals surface area contributed by atoms with Crippen LogP contribution in [0.25, 0.3) is 0 Å². The molecule has 0 aliphatic heterocycles. The number of hydrogen-bond donors (Lipinski definition) is 2. The molecule has 2 aromatic rings. The highest BCUT2D eigenvalue weighted by molar-refractivity contribution is 5.30. The van der Waals surface area contributed by atoms with Crippen LogP contribution < -0.4 is 10.5 Å². The first-order valence-electron chi connectivity index (χ1n) is 4.70. The van der Waals surface area contributed by atoms with Crippen LogP contribution in [0, 0.1) is 0 Å². The van der Waals surface area contributed by atoms with Crippen molar-refractivity contribution in [2.24, 2.45) is 0 Å². The normalized spacial score (nSPS) is 10.2. The van der Waals surface area contributed by atoms with Gasteiger partial charge >= 0.3 is 0 Å². The second-order valence-corrected chi connectivity index (χ2v) is 3.32. The van der Waals surface area contributed by atoms with Crippen molar-refractivity contribution in [3.05, 3.63) is 41.7 Å². The third-order valence-electron chi connectivity index (χ3n) is 2.20. The van der Waals surface area contributed by atoms with E-state index in [2.05, 4.69) is 9.97 Å². The van der Waals surface area contributed by atoms with E-state index in [0.717, 1.165) is 17.9 Å². The maximum absolute atomic E-state index is 5.49. The van der Waals surface area contributed by atoms with E-state index < -0.39 is 0 Å². The lowest BCUT2D eigenvalue weighted by Crippen LogP contribution is -1.90. The number of nitrogens with one attached hydrogen (secondary N) is 1. The molecule has 15 heavy (non-hydrogen) atoms. The fourth-order valence-corrected chi connectivity index (χ4v) is 1.43. The number of anilines is 1. The highest BCUT2D eigenvalue weighted by Gasteiger charge is 1.99. The van der Waals surface area contributed by atoms with Crippen molar-refractivity contribution in [3.8, 4) is 5.75 Å². The van der Waals surface area contributed by atoms with Gasteiger partial charge in [0.05, 0.1) is 13.3 Å². The molecule has 0 unspecified atom stereocenters. The number of aromatic nitrogens is 2. The molecule has 78 valence electrons. The second-order valence-electron chi connectivity index (χ2n) is 3.32. The number of benzene rings is 1. The largest absolute Gasteiger partial charge is 0.497 e. The number of imidazole rings is 1. The Morgan fingerprint density at radius 3 is 2.60 bits per heavy atom. The molecule has 4 nitrogen and oxygen atoms in total. The Kier molecular flexibility index (Phi) is 2.58. The molecule has 0 aliphatic rings. The fraction of sp³-hybridized carbons (Fsp3) is 0.182. The molecule has 0 atom stereocenters. The first-order valence-corrected chi connectivity index (χ1v) is 4.70. The second kappa shape index (κ2) is 4.04. The van der Waals surface area contributed by atoms with Crippen molar-refractivity contribution in [2.75, 3.05) is 12.8 Å². The van der Waals surface area contributed by atoms with Gasteiger partial charge in [0.1, 0.15) is 5.75 Å². The molecule has 4 heteroatoms. The van der Waals surface area contributed by atoms with Gasteiger partial charge in [0.25, 0.3) is 0 Å². The van der Waals surface area contributed by atoms with Crippen LogP contribution in [0.15, 0.2) is 30.5 Å². The number of methoxy groups -OCH3 is 1. The monoisotopic (exact) mass is 203 g/mol. The van der Waals surface area contributed by atoms with Crippen LogP contribution in [0.1, 0.15) is 11.3 Å². The lowest BCUT2D eigenvalue weighted by Gasteiger charge is -2.01. The molecule has 0 saturated heterocycles. The van der Waals surface area contributed by atoms with Gasteiger partial charge in [-0.15, -0.1) is 0 Å². The van der Waals surface area contributed by atoms with Crippen LogP contribution in [0.5, 0.6) is 5.75 Å². The Bertz CT molecular complexity index is 433. The molecule has 0 bridgehead atoms. The van der Waals surface area contributed by atoms with Gasteiger partial charge in [-0.3, -0.25) is 0 Å². The lowest BCUT2D eigenvalue weighted by molar-refractivity contribution is 0.414. The number of nitrogens with zero attached hydrogens (tertiary/aromatic N) is 1. The molecule has 0 spiro atoms. The Balaban J connectivity index is 2.11. The van der Waals surface area contributed by atoms with Crippen molar-refractivity contribution < 1.29 is 4.74 Å². The van der Waals surface area contributed by atoms with E-state index in [1.165, 1.54) is 5.56 Å². The number of H-pyrrole nitrogens is 1. The van der Waals surface area contributed by atoms with Crippen LogP contribution in [0.2, 0.25) is 0 Å². The number of hydrogen-bond acceptors (Lipinski definition) is 3. The quantitative estimate of drug-likeness (QED) is 0.796. The zero-order valence-electron chi connectivity index (χ0n) is 8.53. The third-order valence-corrected chi connectivity index (χ3v) is 2.20. The fourth-order valence-electron chi connectivity index (χ4n) is 1.43. The summed E-state index contributed by atoms with van der Waals surface area (Å²) in [5, 5.41) is 0. The van der Waals surface area contributed by atoms with Crippen molar-refractivity contribution in [1.82, 2.24) is 9.97 Å². The van der Waals surface area contributed by atoms with Gasteiger partial charge in [-0.1, -0.05) is 12.1 Å². The summed E-state index contributed by atoms with van der Waals surface area (Å²) in [6.07, 6.45) is 2.55. The van der Waals surface area contributed by atoms with Gasteiger partial charge < -0.3 is 15.5 Å². The molecule has 0 saturated carbocycles. The van der Waals surface area contributed by atoms with Crippen molar-refractivity contribution >= 4 is 5.95 Å². The first kappa shape index (κ1) is 9.58. The molecule has 1 heterocycles. The van der Waals surface area contributed by atoms with E-state index in [0.29, 0.717) is 5.95 Å². The highest BCUT2D eigenvalue weighted by Crippen LogP contribution is 2.14. The Labute approximate surface area is 88.1 Å². The van der Waals surface area contributed by atoms with Crippen LogP contribution >= 0.6 is 0 Å². The minimum absolute atomic E-state index is 0.457. The lowest BCUT2D eigenvalue weighted by atomic mass is 10.1. The SMILES string of the molecule is COc1ccc(Cc2cnc(N)[nH]2)cc1. The molecule has 0 radical (unpaired) electrons. The summed E-state index contributed by atoms with van der Waals surface area (Å²) < 4.78 is 5.08. The predicted octanol–water partition coefficient (Wildman–Crippen LogP) is 1.59. The van der Waals surface area contributed by atoms with Crippen LogP contribution in [0.4, 0.5) is 5.95 Å². The minimum atomic E-state index is 0.457.